The molecule has 0 fully saturated rings. The van der Waals surface area contributed by atoms with Gasteiger partial charge in [-0.3, -0.25) is 0 Å². The summed E-state index contributed by atoms with van der Waals surface area (Å²) in [5.41, 5.74) is 0.671. The fourth-order valence-corrected chi connectivity index (χ4v) is 3.34. The molecule has 0 aromatic heterocycles. The van der Waals surface area contributed by atoms with Gasteiger partial charge in [0.1, 0.15) is 0 Å². The van der Waals surface area contributed by atoms with Gasteiger partial charge in [-0.2, -0.15) is 0 Å². The van der Waals surface area contributed by atoms with Crippen molar-refractivity contribution in [1.29, 1.82) is 0 Å². The molecule has 0 bridgehead atoms. The van der Waals surface area contributed by atoms with Gasteiger partial charge in [0.25, 0.3) is 9.05 Å². The quantitative estimate of drug-likeness (QED) is 0.776. The predicted molar refractivity (Wildman–Crippen MR) is 75.0 cm³/mol. The molecule has 108 valence electrons. The van der Waals surface area contributed by atoms with E-state index in [-0.39, 0.29) is 17.2 Å². The largest absolute Gasteiger partial charge is 0.261 e. The molecule has 0 aliphatic rings. The normalized spacial score (nSPS) is 12.5. The number of rotatable bonds is 7. The van der Waals surface area contributed by atoms with Gasteiger partial charge in [0, 0.05) is 17.2 Å². The Balaban J connectivity index is 2.65. The Labute approximate surface area is 118 Å². The van der Waals surface area contributed by atoms with E-state index < -0.39 is 19.1 Å². The van der Waals surface area contributed by atoms with Crippen molar-refractivity contribution in [3.05, 3.63) is 29.8 Å². The third-order valence-corrected chi connectivity index (χ3v) is 5.25. The van der Waals surface area contributed by atoms with Crippen LogP contribution in [0, 0.1) is 0 Å². The summed E-state index contributed by atoms with van der Waals surface area (Å²) in [6.07, 6.45) is 1.42. The van der Waals surface area contributed by atoms with Crippen molar-refractivity contribution in [2.45, 2.75) is 31.2 Å². The number of hydrogen-bond donors (Lipinski definition) is 1. The number of unbranched alkanes of at least 4 members (excludes halogenated alkanes) is 1. The smallest absolute Gasteiger partial charge is 0.212 e. The molecule has 19 heavy (non-hydrogen) atoms. The van der Waals surface area contributed by atoms with Crippen molar-refractivity contribution in [2.24, 2.45) is 0 Å². The average molecular weight is 326 g/mol. The number of sulfonamides is 1. The molecule has 0 atom stereocenters. The minimum absolute atomic E-state index is 0.00763. The van der Waals surface area contributed by atoms with Gasteiger partial charge >= 0.3 is 0 Å². The predicted octanol–water partition coefficient (Wildman–Crippen LogP) is 1.83. The highest BCUT2D eigenvalue weighted by Crippen LogP contribution is 2.15. The SMILES string of the molecule is CCCCS(=O)(=O)NCc1ccc(S(=O)(=O)Cl)cc1. The monoisotopic (exact) mass is 325 g/mol. The van der Waals surface area contributed by atoms with Gasteiger partial charge in [0.2, 0.25) is 10.0 Å². The molecule has 0 saturated carbocycles. The highest BCUT2D eigenvalue weighted by molar-refractivity contribution is 8.13. The van der Waals surface area contributed by atoms with Crippen LogP contribution < -0.4 is 4.72 Å². The molecular formula is C11H16ClNO4S2. The van der Waals surface area contributed by atoms with Gasteiger partial charge in [-0.25, -0.2) is 21.6 Å². The van der Waals surface area contributed by atoms with Crippen LogP contribution in [0.1, 0.15) is 25.3 Å². The lowest BCUT2D eigenvalue weighted by Gasteiger charge is -2.06. The molecule has 1 N–H and O–H groups in total. The van der Waals surface area contributed by atoms with E-state index in [0.717, 1.165) is 6.42 Å². The highest BCUT2D eigenvalue weighted by atomic mass is 35.7. The lowest BCUT2D eigenvalue weighted by Crippen LogP contribution is -2.25. The van der Waals surface area contributed by atoms with Crippen molar-refractivity contribution in [3.8, 4) is 0 Å². The molecule has 1 aromatic rings. The van der Waals surface area contributed by atoms with Crippen LogP contribution in [0.5, 0.6) is 0 Å². The summed E-state index contributed by atoms with van der Waals surface area (Å²) < 4.78 is 47.6. The third-order valence-electron chi connectivity index (χ3n) is 2.47. The summed E-state index contributed by atoms with van der Waals surface area (Å²) in [5.74, 6) is 0.0949. The van der Waals surface area contributed by atoms with Crippen LogP contribution in [0.15, 0.2) is 29.2 Å². The molecule has 0 amide bonds. The number of halogens is 1. The third kappa shape index (κ3) is 5.90. The molecule has 0 aliphatic heterocycles. The molecule has 0 heterocycles. The topological polar surface area (TPSA) is 80.3 Å². The Morgan fingerprint density at radius 1 is 1.11 bits per heavy atom. The van der Waals surface area contributed by atoms with Crippen molar-refractivity contribution in [3.63, 3.8) is 0 Å². The molecule has 1 rings (SSSR count). The lowest BCUT2D eigenvalue weighted by molar-refractivity contribution is 0.577. The van der Waals surface area contributed by atoms with Crippen LogP contribution in [-0.2, 0) is 25.6 Å². The molecule has 0 spiro atoms. The van der Waals surface area contributed by atoms with Crippen LogP contribution >= 0.6 is 10.7 Å². The molecule has 0 aliphatic carbocycles. The number of nitrogens with one attached hydrogen (secondary N) is 1. The van der Waals surface area contributed by atoms with E-state index in [2.05, 4.69) is 4.72 Å². The van der Waals surface area contributed by atoms with Crippen LogP contribution in [0.4, 0.5) is 0 Å². The molecule has 0 saturated heterocycles. The summed E-state index contributed by atoms with van der Waals surface area (Å²) in [4.78, 5) is -0.00763. The zero-order valence-corrected chi connectivity index (χ0v) is 12.9. The van der Waals surface area contributed by atoms with Gasteiger partial charge in [0.15, 0.2) is 0 Å². The van der Waals surface area contributed by atoms with E-state index in [4.69, 9.17) is 10.7 Å². The van der Waals surface area contributed by atoms with E-state index in [1.165, 1.54) is 24.3 Å². The van der Waals surface area contributed by atoms with Gasteiger partial charge in [-0.1, -0.05) is 25.5 Å². The van der Waals surface area contributed by atoms with Gasteiger partial charge < -0.3 is 0 Å². The first-order valence-electron chi connectivity index (χ1n) is 5.75. The van der Waals surface area contributed by atoms with Crippen molar-refractivity contribution in [1.82, 2.24) is 4.72 Å². The summed E-state index contributed by atoms with van der Waals surface area (Å²) >= 11 is 0. The van der Waals surface area contributed by atoms with Gasteiger partial charge in [-0.05, 0) is 24.1 Å². The minimum atomic E-state index is -3.74. The summed E-state index contributed by atoms with van der Waals surface area (Å²) in [7, 11) is -1.84. The second kappa shape index (κ2) is 6.69. The maximum atomic E-state index is 11.6. The molecule has 0 unspecified atom stereocenters. The van der Waals surface area contributed by atoms with Crippen molar-refractivity contribution < 1.29 is 16.8 Å². The Kier molecular flexibility index (Phi) is 5.79. The fraction of sp³-hybridized carbons (Fsp3) is 0.455. The van der Waals surface area contributed by atoms with Gasteiger partial charge in [0.05, 0.1) is 10.6 Å². The van der Waals surface area contributed by atoms with Crippen LogP contribution in [0.2, 0.25) is 0 Å². The Morgan fingerprint density at radius 2 is 1.68 bits per heavy atom. The van der Waals surface area contributed by atoms with E-state index in [1.807, 2.05) is 6.92 Å². The fourth-order valence-electron chi connectivity index (χ4n) is 1.37. The number of benzene rings is 1. The highest BCUT2D eigenvalue weighted by Gasteiger charge is 2.11. The molecule has 1 aromatic carbocycles. The van der Waals surface area contributed by atoms with E-state index in [1.54, 1.807) is 0 Å². The van der Waals surface area contributed by atoms with E-state index >= 15 is 0 Å². The first kappa shape index (κ1) is 16.4. The number of hydrogen-bond acceptors (Lipinski definition) is 4. The molecular weight excluding hydrogens is 310 g/mol. The maximum absolute atomic E-state index is 11.6. The van der Waals surface area contributed by atoms with E-state index in [9.17, 15) is 16.8 Å². The standard InChI is InChI=1S/C11H16ClNO4S2/c1-2-3-8-18(14,15)13-9-10-4-6-11(7-5-10)19(12,16)17/h4-7,13H,2-3,8-9H2,1H3. The first-order valence-corrected chi connectivity index (χ1v) is 9.72. The zero-order chi connectivity index (χ0) is 14.5. The minimum Gasteiger partial charge on any atom is -0.212 e. The van der Waals surface area contributed by atoms with E-state index in [0.29, 0.717) is 12.0 Å². The molecule has 5 nitrogen and oxygen atoms in total. The van der Waals surface area contributed by atoms with Gasteiger partial charge in [-0.15, -0.1) is 0 Å². The van der Waals surface area contributed by atoms with Crippen molar-refractivity contribution >= 4 is 29.8 Å². The Morgan fingerprint density at radius 3 is 2.16 bits per heavy atom. The zero-order valence-electron chi connectivity index (χ0n) is 10.5. The van der Waals surface area contributed by atoms with Crippen LogP contribution in [0.25, 0.3) is 0 Å². The lowest BCUT2D eigenvalue weighted by atomic mass is 10.2. The second-order valence-corrected chi connectivity index (χ2v) is 8.57. The average Bonchev–Trinajstić information content (AvgIpc) is 2.34. The second-order valence-electron chi connectivity index (χ2n) is 4.08. The Bertz CT molecular complexity index is 609. The van der Waals surface area contributed by atoms with Crippen LogP contribution in [0.3, 0.4) is 0 Å². The first-order chi connectivity index (χ1) is 8.74. The van der Waals surface area contributed by atoms with Crippen molar-refractivity contribution in [2.75, 3.05) is 5.75 Å². The Hall–Kier alpha value is -0.630. The summed E-state index contributed by atoms with van der Waals surface area (Å²) in [6.45, 7) is 2.05. The van der Waals surface area contributed by atoms with Crippen LogP contribution in [-0.4, -0.2) is 22.6 Å². The molecule has 0 radical (unpaired) electrons. The summed E-state index contributed by atoms with van der Waals surface area (Å²) in [6, 6.07) is 5.74. The maximum Gasteiger partial charge on any atom is 0.261 e. The summed E-state index contributed by atoms with van der Waals surface area (Å²) in [5, 5.41) is 0. The molecule has 8 heteroatoms.